The summed E-state index contributed by atoms with van der Waals surface area (Å²) in [6, 6.07) is 2.88. The molecule has 0 saturated carbocycles. The van der Waals surface area contributed by atoms with E-state index in [0.29, 0.717) is 0 Å². The number of hydrogen-bond donors (Lipinski definition) is 7. The highest BCUT2D eigenvalue weighted by Crippen LogP contribution is 2.52. The number of phenolic OH excluding ortho intramolecular Hbond substituents is 2. The first-order valence-corrected chi connectivity index (χ1v) is 15.7. The molecular weight excluding hydrogens is 698 g/mol. The van der Waals surface area contributed by atoms with Gasteiger partial charge >= 0.3 is 5.97 Å². The van der Waals surface area contributed by atoms with Crippen LogP contribution in [0.2, 0.25) is 0 Å². The molecule has 3 aliphatic rings. The first-order valence-electron chi connectivity index (χ1n) is 15.7. The summed E-state index contributed by atoms with van der Waals surface area (Å²) in [6.45, 7) is 0.206. The molecular formula is C33H33NO18-2. The molecule has 0 aromatic heterocycles. The van der Waals surface area contributed by atoms with Gasteiger partial charge in [-0.3, -0.25) is 19.2 Å². The van der Waals surface area contributed by atoms with Crippen LogP contribution in [-0.4, -0.2) is 115 Å². The van der Waals surface area contributed by atoms with Gasteiger partial charge in [0.25, 0.3) is 0 Å². The quantitative estimate of drug-likeness (QED) is 0.0691. The number of carboxylic acid groups (broad SMARTS) is 2. The zero-order valence-corrected chi connectivity index (χ0v) is 27.4. The number of ether oxygens (including phenoxy) is 3. The largest absolute Gasteiger partial charge is 0.550 e. The van der Waals surface area contributed by atoms with E-state index in [1.54, 1.807) is 0 Å². The number of hydrogen-bond acceptors (Lipinski definition) is 19. The first-order chi connectivity index (χ1) is 24.4. The topological polar surface area (TPSA) is 319 Å². The number of aliphatic hydroxyl groups excluding tert-OH is 2. The fourth-order valence-electron chi connectivity index (χ4n) is 6.69. The molecule has 1 saturated heterocycles. The average Bonchev–Trinajstić information content (AvgIpc) is 3.08. The molecule has 2 aromatic rings. The van der Waals surface area contributed by atoms with Crippen LogP contribution >= 0.6 is 0 Å². The summed E-state index contributed by atoms with van der Waals surface area (Å²) in [6.07, 6.45) is -10.4. The van der Waals surface area contributed by atoms with Crippen LogP contribution < -0.4 is 20.4 Å². The molecule has 0 amide bonds. The lowest BCUT2D eigenvalue weighted by Gasteiger charge is -2.42. The van der Waals surface area contributed by atoms with Gasteiger partial charge in [-0.25, -0.2) is 0 Å². The van der Waals surface area contributed by atoms with Gasteiger partial charge < -0.3 is 69.5 Å². The number of fused-ring (bicyclic) bond motifs is 3. The van der Waals surface area contributed by atoms with Crippen molar-refractivity contribution in [3.63, 3.8) is 0 Å². The minimum absolute atomic E-state index is 0.000536. The highest BCUT2D eigenvalue weighted by Gasteiger charge is 2.50. The van der Waals surface area contributed by atoms with Crippen molar-refractivity contribution in [1.82, 2.24) is 5.48 Å². The van der Waals surface area contributed by atoms with Gasteiger partial charge in [0, 0.05) is 48.3 Å². The molecule has 1 fully saturated rings. The van der Waals surface area contributed by atoms with Gasteiger partial charge in [0.2, 0.25) is 5.78 Å². The second-order valence-corrected chi connectivity index (χ2v) is 12.7. The number of carbonyl (C=O) groups is 6. The maximum atomic E-state index is 13.8. The normalized spacial score (nSPS) is 26.3. The van der Waals surface area contributed by atoms with Gasteiger partial charge in [0.1, 0.15) is 35.1 Å². The van der Waals surface area contributed by atoms with E-state index >= 15 is 0 Å². The molecule has 1 heterocycles. The summed E-state index contributed by atoms with van der Waals surface area (Å²) < 4.78 is 17.0. The van der Waals surface area contributed by atoms with Gasteiger partial charge in [-0.15, -0.1) is 5.48 Å². The van der Waals surface area contributed by atoms with Gasteiger partial charge in [-0.1, -0.05) is 12.1 Å². The van der Waals surface area contributed by atoms with Crippen molar-refractivity contribution in [2.75, 3.05) is 13.7 Å². The number of hydroxylamine groups is 1. The minimum Gasteiger partial charge on any atom is -0.550 e. The molecule has 7 atom stereocenters. The van der Waals surface area contributed by atoms with Crippen LogP contribution in [0.15, 0.2) is 18.2 Å². The molecule has 52 heavy (non-hydrogen) atoms. The zero-order valence-electron chi connectivity index (χ0n) is 27.4. The molecule has 19 nitrogen and oxygen atoms in total. The number of methoxy groups -OCH3 is 1. The predicted octanol–water partition coefficient (Wildman–Crippen LogP) is -3.90. The van der Waals surface area contributed by atoms with Crippen LogP contribution in [-0.2, 0) is 39.9 Å². The highest BCUT2D eigenvalue weighted by molar-refractivity contribution is 6.31. The maximum Gasteiger partial charge on any atom is 0.328 e. The first kappa shape index (κ1) is 38.2. The van der Waals surface area contributed by atoms with Crippen molar-refractivity contribution in [3.8, 4) is 17.2 Å². The van der Waals surface area contributed by atoms with E-state index in [-0.39, 0.29) is 28.0 Å². The van der Waals surface area contributed by atoms with E-state index < -0.39 is 138 Å². The molecule has 280 valence electrons. The second kappa shape index (κ2) is 14.2. The highest BCUT2D eigenvalue weighted by atomic mass is 16.7. The third kappa shape index (κ3) is 6.70. The molecule has 2 aromatic carbocycles. The smallest absolute Gasteiger partial charge is 0.328 e. The lowest BCUT2D eigenvalue weighted by molar-refractivity contribution is -0.334. The molecule has 0 radical (unpaired) electrons. The number of aliphatic carboxylic acids is 2. The number of aromatic hydroxyl groups is 2. The number of nitrogens with one attached hydrogen (secondary N) is 1. The maximum absolute atomic E-state index is 13.8. The van der Waals surface area contributed by atoms with Gasteiger partial charge in [0.15, 0.2) is 17.9 Å². The number of carboxylic acids is 2. The third-order valence-corrected chi connectivity index (χ3v) is 9.34. The fourth-order valence-corrected chi connectivity index (χ4v) is 6.69. The van der Waals surface area contributed by atoms with Crippen molar-refractivity contribution in [2.45, 2.75) is 80.9 Å². The van der Waals surface area contributed by atoms with Crippen LogP contribution in [0.5, 0.6) is 17.2 Å². The molecule has 7 N–H and O–H groups in total. The van der Waals surface area contributed by atoms with Gasteiger partial charge in [-0.2, -0.15) is 0 Å². The van der Waals surface area contributed by atoms with Gasteiger partial charge in [-0.05, 0) is 13.0 Å². The summed E-state index contributed by atoms with van der Waals surface area (Å²) in [4.78, 5) is 79.6. The Hall–Kier alpha value is -5.02. The lowest BCUT2D eigenvalue weighted by Crippen LogP contribution is -2.56. The zero-order chi connectivity index (χ0) is 38.4. The van der Waals surface area contributed by atoms with Crippen molar-refractivity contribution in [2.24, 2.45) is 0 Å². The molecule has 0 spiro atoms. The van der Waals surface area contributed by atoms with Crippen molar-refractivity contribution in [3.05, 3.63) is 51.6 Å². The Morgan fingerprint density at radius 1 is 1.06 bits per heavy atom. The molecule has 2 aliphatic carbocycles. The molecule has 1 aliphatic heterocycles. The Morgan fingerprint density at radius 3 is 2.35 bits per heavy atom. The fraction of sp³-hybridized carbons (Fsp3) is 0.455. The van der Waals surface area contributed by atoms with Crippen LogP contribution in [0.3, 0.4) is 0 Å². The number of Topliss-reactive ketones (excluding diaryl/α,β-unsaturated/α-hetero) is 1. The third-order valence-electron chi connectivity index (χ3n) is 9.34. The molecule has 5 unspecified atom stereocenters. The monoisotopic (exact) mass is 731 g/mol. The SMILES string of the molecule is COc1cccc2c1C(=O)c1c(O)c3c(c(O)c1C2=O)C[C@@](O)(C(=O)CO)C[C@@H]3OC1CC(NOC(=O)CC(O)(CC(=O)[O-])C(=O)[O-])C(O)C(C)O1. The summed E-state index contributed by atoms with van der Waals surface area (Å²) in [7, 11) is 1.26. The van der Waals surface area contributed by atoms with E-state index in [4.69, 9.17) is 19.0 Å². The molecule has 19 heteroatoms. The van der Waals surface area contributed by atoms with Crippen LogP contribution in [0, 0.1) is 0 Å². The van der Waals surface area contributed by atoms with E-state index in [9.17, 15) is 69.6 Å². The summed E-state index contributed by atoms with van der Waals surface area (Å²) in [5.74, 6) is -10.3. The predicted molar refractivity (Wildman–Crippen MR) is 161 cm³/mol. The van der Waals surface area contributed by atoms with E-state index in [2.05, 4.69) is 5.48 Å². The summed E-state index contributed by atoms with van der Waals surface area (Å²) >= 11 is 0. The van der Waals surface area contributed by atoms with Crippen molar-refractivity contribution in [1.29, 1.82) is 0 Å². The number of aliphatic hydroxyl groups is 4. The Bertz CT molecular complexity index is 1860. The molecule has 5 rings (SSSR count). The van der Waals surface area contributed by atoms with E-state index in [0.717, 1.165) is 0 Å². The van der Waals surface area contributed by atoms with Crippen molar-refractivity contribution < 1.29 is 88.7 Å². The Morgan fingerprint density at radius 2 is 1.73 bits per heavy atom. The van der Waals surface area contributed by atoms with E-state index in [1.807, 2.05) is 0 Å². The minimum atomic E-state index is -3.19. The van der Waals surface area contributed by atoms with E-state index in [1.165, 1.54) is 32.2 Å². The Labute approximate surface area is 292 Å². The average molecular weight is 732 g/mol. The number of benzene rings is 2. The number of ketones is 3. The standard InChI is InChI=1S/C33H35NO18/c1-12-26(40)15(34-52-20(39)10-33(48,31(45)46)9-19(37)38)6-21(50-12)51-17-8-32(47,18(36)11-35)7-14-23(17)30(44)25-24(28(14)42)27(41)13-4-3-5-16(49-2)22(13)29(25)43/h3-5,12,15,17,21,26,34-35,40,42,44,47-48H,6-11H2,1-2H3,(H,37,38)(H,45,46)/p-2/t12?,15?,17-,21?,26?,32-,33?/m0/s1. The Kier molecular flexibility index (Phi) is 10.4. The molecule has 0 bridgehead atoms. The van der Waals surface area contributed by atoms with Crippen LogP contribution in [0.25, 0.3) is 0 Å². The summed E-state index contributed by atoms with van der Waals surface area (Å²) in [5.41, 5.74) is -5.68. The van der Waals surface area contributed by atoms with Crippen molar-refractivity contribution >= 4 is 35.3 Å². The number of phenols is 2. The van der Waals surface area contributed by atoms with Crippen LogP contribution in [0.4, 0.5) is 0 Å². The van der Waals surface area contributed by atoms with Crippen LogP contribution in [0.1, 0.15) is 81.7 Å². The number of carbonyl (C=O) groups excluding carboxylic acids is 6. The summed E-state index contributed by atoms with van der Waals surface area (Å²) in [5, 5.41) is 87.1. The number of rotatable bonds is 12. The lowest BCUT2D eigenvalue weighted by atomic mass is 9.72. The van der Waals surface area contributed by atoms with Gasteiger partial charge in [0.05, 0.1) is 60.5 Å². The second-order valence-electron chi connectivity index (χ2n) is 12.7. The Balaban J connectivity index is 1.48.